The molecule has 0 saturated carbocycles. The number of carbonyl (C=O) groups is 1. The van der Waals surface area contributed by atoms with Crippen molar-refractivity contribution in [3.8, 4) is 5.75 Å². The first-order valence-corrected chi connectivity index (χ1v) is 6.20. The highest BCUT2D eigenvalue weighted by Crippen LogP contribution is 2.14. The first-order valence-electron chi connectivity index (χ1n) is 4.47. The Morgan fingerprint density at radius 2 is 2.13 bits per heavy atom. The maximum atomic E-state index is 11.5. The first-order chi connectivity index (χ1) is 7.11. The molecule has 0 aliphatic rings. The molecule has 15 heavy (non-hydrogen) atoms. The molecular weight excluding hydrogens is 214 g/mol. The average Bonchev–Trinajstić information content (AvgIpc) is 2.17. The van der Waals surface area contributed by atoms with Crippen molar-refractivity contribution < 1.29 is 14.1 Å². The van der Waals surface area contributed by atoms with Gasteiger partial charge < -0.3 is 10.4 Å². The third-order valence-electron chi connectivity index (χ3n) is 1.82. The summed E-state index contributed by atoms with van der Waals surface area (Å²) in [6.45, 7) is 0.344. The molecule has 0 bridgehead atoms. The number of para-hydroxylation sites is 1. The van der Waals surface area contributed by atoms with Gasteiger partial charge >= 0.3 is 0 Å². The Kier molecular flexibility index (Phi) is 4.30. The summed E-state index contributed by atoms with van der Waals surface area (Å²) in [5.41, 5.74) is 0.236. The Hall–Kier alpha value is -1.36. The SMILES string of the molecule is CS(=O)CCNC(=O)c1ccccc1O. The normalized spacial score (nSPS) is 12.1. The predicted molar refractivity (Wildman–Crippen MR) is 59.4 cm³/mol. The standard InChI is InChI=1S/C10H13NO3S/c1-15(14)7-6-11-10(13)8-4-2-3-5-9(8)12/h2-5,12H,6-7H2,1H3,(H,11,13). The van der Waals surface area contributed by atoms with Gasteiger partial charge in [0.1, 0.15) is 5.75 Å². The number of hydrogen-bond acceptors (Lipinski definition) is 3. The van der Waals surface area contributed by atoms with Crippen molar-refractivity contribution in [2.75, 3.05) is 18.6 Å². The van der Waals surface area contributed by atoms with Crippen molar-refractivity contribution in [2.24, 2.45) is 0 Å². The fourth-order valence-corrected chi connectivity index (χ4v) is 1.46. The number of nitrogens with one attached hydrogen (secondary N) is 1. The highest BCUT2D eigenvalue weighted by atomic mass is 32.2. The Labute approximate surface area is 90.8 Å². The van der Waals surface area contributed by atoms with Crippen LogP contribution in [0.1, 0.15) is 10.4 Å². The van der Waals surface area contributed by atoms with E-state index in [-0.39, 0.29) is 17.2 Å². The van der Waals surface area contributed by atoms with E-state index in [2.05, 4.69) is 5.32 Å². The number of phenolic OH excluding ortho intramolecular Hbond substituents is 1. The van der Waals surface area contributed by atoms with Crippen LogP contribution in [-0.4, -0.2) is 33.8 Å². The molecule has 1 rings (SSSR count). The highest BCUT2D eigenvalue weighted by molar-refractivity contribution is 7.84. The minimum absolute atomic E-state index is 0.0485. The van der Waals surface area contributed by atoms with Crippen molar-refractivity contribution in [3.05, 3.63) is 29.8 Å². The quantitative estimate of drug-likeness (QED) is 0.787. The van der Waals surface area contributed by atoms with Crippen molar-refractivity contribution in [1.82, 2.24) is 5.32 Å². The summed E-state index contributed by atoms with van der Waals surface area (Å²) >= 11 is 0. The number of amides is 1. The summed E-state index contributed by atoms with van der Waals surface area (Å²) in [6, 6.07) is 6.31. The van der Waals surface area contributed by atoms with Crippen LogP contribution < -0.4 is 5.32 Å². The summed E-state index contributed by atoms with van der Waals surface area (Å²) in [7, 11) is -0.921. The molecule has 5 heteroatoms. The Morgan fingerprint density at radius 1 is 1.47 bits per heavy atom. The Bertz CT molecular complexity index is 379. The van der Waals surface area contributed by atoms with Crippen LogP contribution in [0.4, 0.5) is 0 Å². The van der Waals surface area contributed by atoms with Gasteiger partial charge in [0.25, 0.3) is 5.91 Å². The predicted octanol–water partition coefficient (Wildman–Crippen LogP) is 0.500. The van der Waals surface area contributed by atoms with Crippen LogP contribution in [0.3, 0.4) is 0 Å². The van der Waals surface area contributed by atoms with Crippen molar-refractivity contribution in [1.29, 1.82) is 0 Å². The summed E-state index contributed by atoms with van der Waals surface area (Å²) in [5.74, 6) is 0.0189. The second-order valence-electron chi connectivity index (χ2n) is 3.05. The second kappa shape index (κ2) is 5.50. The van der Waals surface area contributed by atoms with E-state index < -0.39 is 10.8 Å². The van der Waals surface area contributed by atoms with Gasteiger partial charge in [-0.2, -0.15) is 0 Å². The summed E-state index contributed by atoms with van der Waals surface area (Å²) in [5, 5.41) is 11.9. The van der Waals surface area contributed by atoms with Gasteiger partial charge in [0, 0.05) is 29.4 Å². The number of rotatable bonds is 4. The Morgan fingerprint density at radius 3 is 2.73 bits per heavy atom. The monoisotopic (exact) mass is 227 g/mol. The molecule has 82 valence electrons. The molecule has 2 N–H and O–H groups in total. The summed E-state index contributed by atoms with van der Waals surface area (Å²) in [6.07, 6.45) is 1.58. The van der Waals surface area contributed by atoms with Crippen LogP contribution in [0.5, 0.6) is 5.75 Å². The second-order valence-corrected chi connectivity index (χ2v) is 4.61. The van der Waals surface area contributed by atoms with Crippen LogP contribution in [-0.2, 0) is 10.8 Å². The van der Waals surface area contributed by atoms with Gasteiger partial charge in [-0.05, 0) is 12.1 Å². The minimum atomic E-state index is -0.921. The maximum absolute atomic E-state index is 11.5. The van der Waals surface area contributed by atoms with E-state index in [1.165, 1.54) is 12.1 Å². The van der Waals surface area contributed by atoms with E-state index >= 15 is 0 Å². The van der Waals surface area contributed by atoms with Crippen LogP contribution in [0, 0.1) is 0 Å². The lowest BCUT2D eigenvalue weighted by atomic mass is 10.2. The smallest absolute Gasteiger partial charge is 0.255 e. The molecule has 0 aliphatic heterocycles. The fraction of sp³-hybridized carbons (Fsp3) is 0.300. The molecule has 0 aromatic heterocycles. The average molecular weight is 227 g/mol. The highest BCUT2D eigenvalue weighted by Gasteiger charge is 2.08. The molecule has 0 fully saturated rings. The zero-order valence-corrected chi connectivity index (χ0v) is 9.21. The minimum Gasteiger partial charge on any atom is -0.507 e. The van der Waals surface area contributed by atoms with Crippen molar-refractivity contribution in [2.45, 2.75) is 0 Å². The molecular formula is C10H13NO3S. The molecule has 1 atom stereocenters. The molecule has 0 aliphatic carbocycles. The molecule has 0 radical (unpaired) electrons. The molecule has 4 nitrogen and oxygen atoms in total. The molecule has 1 aromatic carbocycles. The van der Waals surface area contributed by atoms with E-state index in [1.807, 2.05) is 0 Å². The Balaban J connectivity index is 2.54. The molecule has 1 unspecified atom stereocenters. The number of phenols is 1. The van der Waals surface area contributed by atoms with Gasteiger partial charge in [0.15, 0.2) is 0 Å². The van der Waals surface area contributed by atoms with Gasteiger partial charge in [-0.15, -0.1) is 0 Å². The number of hydrogen-bond donors (Lipinski definition) is 2. The third-order valence-corrected chi connectivity index (χ3v) is 2.60. The number of benzene rings is 1. The van der Waals surface area contributed by atoms with E-state index in [0.717, 1.165) is 0 Å². The van der Waals surface area contributed by atoms with Crippen LogP contribution >= 0.6 is 0 Å². The lowest BCUT2D eigenvalue weighted by Gasteiger charge is -2.05. The molecule has 0 spiro atoms. The van der Waals surface area contributed by atoms with E-state index in [9.17, 15) is 14.1 Å². The van der Waals surface area contributed by atoms with E-state index in [1.54, 1.807) is 18.4 Å². The number of aromatic hydroxyl groups is 1. The lowest BCUT2D eigenvalue weighted by Crippen LogP contribution is -2.27. The van der Waals surface area contributed by atoms with Gasteiger partial charge in [0.05, 0.1) is 5.56 Å². The summed E-state index contributed by atoms with van der Waals surface area (Å²) in [4.78, 5) is 11.5. The number of carbonyl (C=O) groups excluding carboxylic acids is 1. The van der Waals surface area contributed by atoms with Crippen molar-refractivity contribution in [3.63, 3.8) is 0 Å². The molecule has 1 amide bonds. The molecule has 1 aromatic rings. The zero-order chi connectivity index (χ0) is 11.3. The lowest BCUT2D eigenvalue weighted by molar-refractivity contribution is 0.0953. The van der Waals surface area contributed by atoms with E-state index in [0.29, 0.717) is 12.3 Å². The van der Waals surface area contributed by atoms with Crippen LogP contribution in [0.2, 0.25) is 0 Å². The molecule has 0 heterocycles. The third kappa shape index (κ3) is 3.71. The van der Waals surface area contributed by atoms with Gasteiger partial charge in [-0.1, -0.05) is 12.1 Å². The van der Waals surface area contributed by atoms with Gasteiger partial charge in [-0.3, -0.25) is 9.00 Å². The van der Waals surface area contributed by atoms with Gasteiger partial charge in [0.2, 0.25) is 0 Å². The summed E-state index contributed by atoms with van der Waals surface area (Å²) < 4.78 is 10.7. The molecule has 0 saturated heterocycles. The van der Waals surface area contributed by atoms with Crippen LogP contribution in [0.25, 0.3) is 0 Å². The largest absolute Gasteiger partial charge is 0.507 e. The zero-order valence-electron chi connectivity index (χ0n) is 8.40. The van der Waals surface area contributed by atoms with E-state index in [4.69, 9.17) is 0 Å². The first kappa shape index (κ1) is 11.7. The van der Waals surface area contributed by atoms with Crippen LogP contribution in [0.15, 0.2) is 24.3 Å². The topological polar surface area (TPSA) is 66.4 Å². The van der Waals surface area contributed by atoms with Gasteiger partial charge in [-0.25, -0.2) is 0 Å². The maximum Gasteiger partial charge on any atom is 0.255 e. The fourth-order valence-electron chi connectivity index (χ4n) is 1.07. The van der Waals surface area contributed by atoms with Crippen molar-refractivity contribution >= 4 is 16.7 Å².